The van der Waals surface area contributed by atoms with E-state index in [4.69, 9.17) is 5.73 Å². The Balaban J connectivity index is 3.19. The van der Waals surface area contributed by atoms with E-state index in [1.54, 1.807) is 6.20 Å². The average Bonchev–Trinajstić information content (AvgIpc) is 1.98. The van der Waals surface area contributed by atoms with Crippen LogP contribution < -0.4 is 5.73 Å². The highest BCUT2D eigenvalue weighted by atomic mass is 14.8. The molecule has 8 heavy (non-hydrogen) atoms. The lowest BCUT2D eigenvalue weighted by molar-refractivity contribution is 1.28. The first-order chi connectivity index (χ1) is 3.72. The van der Waals surface area contributed by atoms with Crippen LogP contribution in [0.5, 0.6) is 0 Å². The Morgan fingerprint density at radius 3 is 2.25 bits per heavy atom. The summed E-state index contributed by atoms with van der Waals surface area (Å²) in [5, 5.41) is 0. The topological polar surface area (TPSA) is 38.1 Å². The second-order valence-electron chi connectivity index (χ2n) is 1.95. The maximum atomic E-state index is 8.88. The number of aryl methyl sites for hydroxylation is 1. The van der Waals surface area contributed by atoms with Gasteiger partial charge in [-0.15, -0.1) is 5.73 Å². The van der Waals surface area contributed by atoms with E-state index < -0.39 is 0 Å². The molecule has 0 bridgehead atoms. The Bertz CT molecular complexity index is 169. The summed E-state index contributed by atoms with van der Waals surface area (Å²) >= 11 is 0. The van der Waals surface area contributed by atoms with Gasteiger partial charge in [0, 0.05) is 6.20 Å². The molecule has 0 atom stereocenters. The Morgan fingerprint density at radius 2 is 2.12 bits per heavy atom. The minimum Gasteiger partial charge on any atom is -0.345 e. The fourth-order valence-corrected chi connectivity index (χ4v) is 0.580. The number of nitrogens with zero attached hydrogens (tertiary/aromatic N) is 1. The van der Waals surface area contributed by atoms with Crippen molar-refractivity contribution in [1.29, 1.82) is 0 Å². The van der Waals surface area contributed by atoms with Gasteiger partial charge in [-0.25, -0.2) is 0 Å². The smallest absolute Gasteiger partial charge is 0.155 e. The Labute approximate surface area is 48.7 Å². The molecule has 2 radical (unpaired) electrons. The standard InChI is InChI=1S/C6H8N2/c1-4-3-8-6(7)5(4)2/h3,8H,1-2H3. The van der Waals surface area contributed by atoms with E-state index in [0.29, 0.717) is 0 Å². The third kappa shape index (κ3) is 0.579. The SMILES string of the molecule is Cc1c[nH]c([N])c1C. The summed E-state index contributed by atoms with van der Waals surface area (Å²) in [7, 11) is 0. The van der Waals surface area contributed by atoms with E-state index in [2.05, 4.69) is 4.98 Å². The van der Waals surface area contributed by atoms with E-state index in [1.165, 1.54) is 0 Å². The van der Waals surface area contributed by atoms with Gasteiger partial charge in [-0.05, 0) is 25.0 Å². The molecule has 0 aliphatic heterocycles. The molecule has 0 saturated carbocycles. The van der Waals surface area contributed by atoms with Crippen LogP contribution in [0.25, 0.3) is 0 Å². The van der Waals surface area contributed by atoms with Crippen LogP contribution in [0, 0.1) is 13.8 Å². The summed E-state index contributed by atoms with van der Waals surface area (Å²) in [5.74, 6) is 0.280. The Morgan fingerprint density at radius 1 is 1.50 bits per heavy atom. The molecule has 2 nitrogen and oxygen atoms in total. The lowest BCUT2D eigenvalue weighted by Gasteiger charge is -1.83. The molecule has 1 aromatic rings. The van der Waals surface area contributed by atoms with Crippen molar-refractivity contribution < 1.29 is 0 Å². The summed E-state index contributed by atoms with van der Waals surface area (Å²) in [6.07, 6.45) is 1.78. The molecule has 0 aromatic carbocycles. The molecule has 1 aromatic heterocycles. The first-order valence-corrected chi connectivity index (χ1v) is 2.55. The molecule has 0 aliphatic rings. The number of hydrogen-bond acceptors (Lipinski definition) is 0. The van der Waals surface area contributed by atoms with E-state index >= 15 is 0 Å². The van der Waals surface area contributed by atoms with Crippen molar-refractivity contribution in [3.05, 3.63) is 17.3 Å². The quantitative estimate of drug-likeness (QED) is 0.520. The normalized spacial score (nSPS) is 9.75. The van der Waals surface area contributed by atoms with E-state index in [-0.39, 0.29) is 5.82 Å². The fraction of sp³-hybridized carbons (Fsp3) is 0.333. The van der Waals surface area contributed by atoms with Crippen molar-refractivity contribution in [2.75, 3.05) is 0 Å². The van der Waals surface area contributed by atoms with Gasteiger partial charge in [0.1, 0.15) is 0 Å². The molecule has 0 fully saturated rings. The maximum absolute atomic E-state index is 8.88. The number of aromatic amines is 1. The highest BCUT2D eigenvalue weighted by molar-refractivity contribution is 5.40. The molecule has 1 heterocycles. The van der Waals surface area contributed by atoms with Crippen LogP contribution in [-0.2, 0) is 0 Å². The zero-order valence-corrected chi connectivity index (χ0v) is 5.02. The van der Waals surface area contributed by atoms with E-state index in [1.807, 2.05) is 13.8 Å². The molecule has 1 N–H and O–H groups in total. The molecular formula is C6H8N2. The number of H-pyrrole nitrogens is 1. The van der Waals surface area contributed by atoms with Crippen molar-refractivity contribution in [2.24, 2.45) is 0 Å². The molecule has 2 heteroatoms. The summed E-state index contributed by atoms with van der Waals surface area (Å²) < 4.78 is 0. The monoisotopic (exact) mass is 108 g/mol. The molecule has 0 amide bonds. The number of hydrogen-bond donors (Lipinski definition) is 1. The zero-order valence-electron chi connectivity index (χ0n) is 5.02. The minimum atomic E-state index is 0.280. The second-order valence-corrected chi connectivity index (χ2v) is 1.95. The van der Waals surface area contributed by atoms with Gasteiger partial charge >= 0.3 is 0 Å². The lowest BCUT2D eigenvalue weighted by atomic mass is 10.2. The van der Waals surface area contributed by atoms with Crippen LogP contribution in [0.15, 0.2) is 6.20 Å². The number of nitrogens with one attached hydrogen (secondary N) is 1. The number of rotatable bonds is 0. The highest BCUT2D eigenvalue weighted by Crippen LogP contribution is 2.12. The summed E-state index contributed by atoms with van der Waals surface area (Å²) in [5.41, 5.74) is 10.9. The fourth-order valence-electron chi connectivity index (χ4n) is 0.580. The van der Waals surface area contributed by atoms with Gasteiger partial charge in [0.05, 0.1) is 0 Å². The van der Waals surface area contributed by atoms with Crippen molar-refractivity contribution in [1.82, 2.24) is 10.7 Å². The van der Waals surface area contributed by atoms with Gasteiger partial charge in [-0.2, -0.15) is 0 Å². The minimum absolute atomic E-state index is 0.280. The number of aromatic nitrogens is 1. The predicted octanol–water partition coefficient (Wildman–Crippen LogP) is 1.33. The Hall–Kier alpha value is -0.920. The predicted molar refractivity (Wildman–Crippen MR) is 32.1 cm³/mol. The van der Waals surface area contributed by atoms with Gasteiger partial charge in [0.15, 0.2) is 5.82 Å². The molecule has 0 unspecified atom stereocenters. The van der Waals surface area contributed by atoms with Gasteiger partial charge in [-0.3, -0.25) is 0 Å². The van der Waals surface area contributed by atoms with Crippen molar-refractivity contribution in [2.45, 2.75) is 13.8 Å². The first-order valence-electron chi connectivity index (χ1n) is 2.55. The van der Waals surface area contributed by atoms with Crippen LogP contribution in [-0.4, -0.2) is 4.98 Å². The van der Waals surface area contributed by atoms with Gasteiger partial charge < -0.3 is 4.98 Å². The third-order valence-electron chi connectivity index (χ3n) is 1.37. The van der Waals surface area contributed by atoms with Crippen LogP contribution in [0.4, 0.5) is 5.82 Å². The Kier molecular flexibility index (Phi) is 1.01. The molecule has 0 aliphatic carbocycles. The van der Waals surface area contributed by atoms with Crippen LogP contribution in [0.3, 0.4) is 0 Å². The summed E-state index contributed by atoms with van der Waals surface area (Å²) in [6, 6.07) is 0. The van der Waals surface area contributed by atoms with Crippen LogP contribution in [0.1, 0.15) is 11.1 Å². The third-order valence-corrected chi connectivity index (χ3v) is 1.37. The average molecular weight is 108 g/mol. The maximum Gasteiger partial charge on any atom is 0.155 e. The lowest BCUT2D eigenvalue weighted by Crippen LogP contribution is -1.71. The molecule has 42 valence electrons. The largest absolute Gasteiger partial charge is 0.345 e. The first kappa shape index (κ1) is 5.22. The van der Waals surface area contributed by atoms with Crippen LogP contribution >= 0.6 is 0 Å². The molecule has 0 spiro atoms. The van der Waals surface area contributed by atoms with Gasteiger partial charge in [0.2, 0.25) is 0 Å². The summed E-state index contributed by atoms with van der Waals surface area (Å²) in [6.45, 7) is 3.83. The summed E-state index contributed by atoms with van der Waals surface area (Å²) in [4.78, 5) is 2.69. The van der Waals surface area contributed by atoms with Gasteiger partial charge in [0.25, 0.3) is 0 Å². The van der Waals surface area contributed by atoms with E-state index in [9.17, 15) is 0 Å². The van der Waals surface area contributed by atoms with Crippen molar-refractivity contribution in [3.63, 3.8) is 0 Å². The van der Waals surface area contributed by atoms with E-state index in [0.717, 1.165) is 11.1 Å². The molecule has 0 saturated heterocycles. The zero-order chi connectivity index (χ0) is 6.15. The van der Waals surface area contributed by atoms with Gasteiger partial charge in [-0.1, -0.05) is 0 Å². The second kappa shape index (κ2) is 1.54. The van der Waals surface area contributed by atoms with Crippen molar-refractivity contribution in [3.8, 4) is 0 Å². The van der Waals surface area contributed by atoms with Crippen LogP contribution in [0.2, 0.25) is 0 Å². The van der Waals surface area contributed by atoms with Crippen molar-refractivity contribution >= 4 is 5.82 Å². The molecule has 1 rings (SSSR count). The highest BCUT2D eigenvalue weighted by Gasteiger charge is 1.97. The molecular weight excluding hydrogens is 100 g/mol.